The van der Waals surface area contributed by atoms with Gasteiger partial charge < -0.3 is 5.43 Å². The van der Waals surface area contributed by atoms with Crippen LogP contribution in [0, 0.1) is 24.0 Å². The summed E-state index contributed by atoms with van der Waals surface area (Å²) in [6.07, 6.45) is 0. The minimum Gasteiger partial charge on any atom is -0.318 e. The number of nitrogen functional groups attached to an aromatic ring is 1. The number of aryl methyl sites for hydroxylation is 1. The summed E-state index contributed by atoms with van der Waals surface area (Å²) < 4.78 is 1.71. The van der Waals surface area contributed by atoms with Gasteiger partial charge in [0.25, 0.3) is 5.69 Å². The number of hydrogen-bond donors (Lipinski definition) is 2. The predicted molar refractivity (Wildman–Crippen MR) is 76.7 cm³/mol. The van der Waals surface area contributed by atoms with Gasteiger partial charge in [-0.15, -0.1) is 0 Å². The lowest BCUT2D eigenvalue weighted by Gasteiger charge is -2.07. The third kappa shape index (κ3) is 2.59. The number of rotatable bonds is 4. The van der Waals surface area contributed by atoms with E-state index in [1.807, 2.05) is 13.8 Å². The molecule has 0 aliphatic rings. The minimum atomic E-state index is -0.479. The standard InChI is InChI=1S/C12H14ClN5O2/c1-7-12(13)8(2)17(16-7)6-9-3-4-10(15-14)11(5-9)18(19)20/h3-5,15H,6,14H2,1-2H3. The highest BCUT2D eigenvalue weighted by Gasteiger charge is 2.15. The van der Waals surface area contributed by atoms with Gasteiger partial charge in [-0.05, 0) is 25.5 Å². The fraction of sp³-hybridized carbons (Fsp3) is 0.250. The van der Waals surface area contributed by atoms with Gasteiger partial charge in [0.2, 0.25) is 0 Å². The lowest BCUT2D eigenvalue weighted by molar-refractivity contribution is -0.384. The number of nitro groups is 1. The molecule has 0 aliphatic heterocycles. The van der Waals surface area contributed by atoms with E-state index in [0.29, 0.717) is 11.6 Å². The van der Waals surface area contributed by atoms with Crippen LogP contribution in [0.1, 0.15) is 17.0 Å². The number of halogens is 1. The zero-order valence-electron chi connectivity index (χ0n) is 11.1. The summed E-state index contributed by atoms with van der Waals surface area (Å²) in [6, 6.07) is 4.80. The molecule has 0 spiro atoms. The third-order valence-corrected chi connectivity index (χ3v) is 3.59. The Morgan fingerprint density at radius 3 is 2.70 bits per heavy atom. The molecule has 106 valence electrons. The number of benzene rings is 1. The van der Waals surface area contributed by atoms with Crippen molar-refractivity contribution in [2.24, 2.45) is 5.84 Å². The van der Waals surface area contributed by atoms with E-state index in [9.17, 15) is 10.1 Å². The lowest BCUT2D eigenvalue weighted by Crippen LogP contribution is -2.10. The Hall–Kier alpha value is -2.12. The molecule has 20 heavy (non-hydrogen) atoms. The van der Waals surface area contributed by atoms with E-state index in [4.69, 9.17) is 17.4 Å². The molecule has 0 bridgehead atoms. The number of anilines is 1. The normalized spacial score (nSPS) is 10.6. The van der Waals surface area contributed by atoms with E-state index in [0.717, 1.165) is 17.0 Å². The molecule has 0 saturated heterocycles. The lowest BCUT2D eigenvalue weighted by atomic mass is 10.1. The molecular weight excluding hydrogens is 282 g/mol. The van der Waals surface area contributed by atoms with Crippen molar-refractivity contribution >= 4 is 23.0 Å². The van der Waals surface area contributed by atoms with Crippen molar-refractivity contribution in [2.75, 3.05) is 5.43 Å². The van der Waals surface area contributed by atoms with Gasteiger partial charge in [0.05, 0.1) is 27.9 Å². The van der Waals surface area contributed by atoms with Crippen LogP contribution >= 0.6 is 11.6 Å². The second-order valence-corrected chi connectivity index (χ2v) is 4.77. The van der Waals surface area contributed by atoms with Crippen LogP contribution in [0.5, 0.6) is 0 Å². The van der Waals surface area contributed by atoms with Crippen LogP contribution in [0.4, 0.5) is 11.4 Å². The highest BCUT2D eigenvalue weighted by Crippen LogP contribution is 2.26. The number of nitrogens with zero attached hydrogens (tertiary/aromatic N) is 3. The van der Waals surface area contributed by atoms with Crippen LogP contribution in [0.3, 0.4) is 0 Å². The summed E-state index contributed by atoms with van der Waals surface area (Å²) in [6.45, 7) is 4.08. The topological polar surface area (TPSA) is 99.0 Å². The molecule has 2 aromatic rings. The zero-order chi connectivity index (χ0) is 14.9. The van der Waals surface area contributed by atoms with Crippen LogP contribution in [0.2, 0.25) is 5.02 Å². The smallest absolute Gasteiger partial charge is 0.293 e. The van der Waals surface area contributed by atoms with Crippen molar-refractivity contribution in [1.82, 2.24) is 9.78 Å². The summed E-state index contributed by atoms with van der Waals surface area (Å²) in [5.74, 6) is 5.25. The van der Waals surface area contributed by atoms with Crippen LogP contribution in [-0.2, 0) is 6.54 Å². The molecule has 1 heterocycles. The second-order valence-electron chi connectivity index (χ2n) is 4.40. The Bertz CT molecular complexity index is 668. The largest absolute Gasteiger partial charge is 0.318 e. The number of nitro benzene ring substituents is 1. The van der Waals surface area contributed by atoms with Gasteiger partial charge in [0.1, 0.15) is 5.69 Å². The maximum absolute atomic E-state index is 11.0. The first kappa shape index (κ1) is 14.3. The number of hydrogen-bond acceptors (Lipinski definition) is 5. The maximum Gasteiger partial charge on any atom is 0.293 e. The monoisotopic (exact) mass is 295 g/mol. The van der Waals surface area contributed by atoms with Crippen molar-refractivity contribution in [2.45, 2.75) is 20.4 Å². The van der Waals surface area contributed by atoms with Gasteiger partial charge in [-0.1, -0.05) is 17.7 Å². The van der Waals surface area contributed by atoms with E-state index in [-0.39, 0.29) is 11.4 Å². The molecular formula is C12H14ClN5O2. The molecule has 8 heteroatoms. The average molecular weight is 296 g/mol. The molecule has 3 N–H and O–H groups in total. The van der Waals surface area contributed by atoms with E-state index in [2.05, 4.69) is 10.5 Å². The van der Waals surface area contributed by atoms with Gasteiger partial charge in [0, 0.05) is 6.07 Å². The molecule has 1 aromatic heterocycles. The highest BCUT2D eigenvalue weighted by atomic mass is 35.5. The van der Waals surface area contributed by atoms with Crippen molar-refractivity contribution in [3.8, 4) is 0 Å². The molecule has 0 radical (unpaired) electrons. The van der Waals surface area contributed by atoms with Gasteiger partial charge in [-0.25, -0.2) is 0 Å². The molecule has 0 atom stereocenters. The van der Waals surface area contributed by atoms with Crippen molar-refractivity contribution < 1.29 is 4.92 Å². The fourth-order valence-corrected chi connectivity index (χ4v) is 2.09. The van der Waals surface area contributed by atoms with Crippen molar-refractivity contribution in [1.29, 1.82) is 0 Å². The molecule has 0 unspecified atom stereocenters. The molecule has 2 rings (SSSR count). The van der Waals surface area contributed by atoms with Gasteiger partial charge >= 0.3 is 0 Å². The van der Waals surface area contributed by atoms with Gasteiger partial charge in [-0.3, -0.25) is 20.6 Å². The minimum absolute atomic E-state index is 0.0716. The van der Waals surface area contributed by atoms with Crippen LogP contribution < -0.4 is 11.3 Å². The Labute approximate surface area is 120 Å². The highest BCUT2D eigenvalue weighted by molar-refractivity contribution is 6.31. The quantitative estimate of drug-likeness (QED) is 0.512. The summed E-state index contributed by atoms with van der Waals surface area (Å²) >= 11 is 6.08. The van der Waals surface area contributed by atoms with Crippen LogP contribution in [0.25, 0.3) is 0 Å². The van der Waals surface area contributed by atoms with E-state index in [1.165, 1.54) is 6.07 Å². The molecule has 0 amide bonds. The van der Waals surface area contributed by atoms with Crippen LogP contribution in [0.15, 0.2) is 18.2 Å². The molecule has 7 nitrogen and oxygen atoms in total. The Kier molecular flexibility index (Phi) is 3.91. The first-order valence-corrected chi connectivity index (χ1v) is 6.25. The number of nitrogens with one attached hydrogen (secondary N) is 1. The number of aromatic nitrogens is 2. The fourth-order valence-electron chi connectivity index (χ4n) is 1.95. The maximum atomic E-state index is 11.0. The Morgan fingerprint density at radius 1 is 1.50 bits per heavy atom. The van der Waals surface area contributed by atoms with Crippen molar-refractivity contribution in [3.05, 3.63) is 50.3 Å². The molecule has 1 aromatic carbocycles. The SMILES string of the molecule is Cc1nn(Cc2ccc(NN)c([N+](=O)[O-])c2)c(C)c1Cl. The summed E-state index contributed by atoms with van der Waals surface area (Å²) in [5.41, 5.74) is 4.81. The average Bonchev–Trinajstić information content (AvgIpc) is 2.66. The van der Waals surface area contributed by atoms with E-state index >= 15 is 0 Å². The van der Waals surface area contributed by atoms with Crippen molar-refractivity contribution in [3.63, 3.8) is 0 Å². The summed E-state index contributed by atoms with van der Waals surface area (Å²) in [4.78, 5) is 10.5. The molecule has 0 aliphatic carbocycles. The van der Waals surface area contributed by atoms with Gasteiger partial charge in [-0.2, -0.15) is 5.10 Å². The second kappa shape index (κ2) is 5.48. The Morgan fingerprint density at radius 2 is 2.20 bits per heavy atom. The first-order valence-electron chi connectivity index (χ1n) is 5.87. The third-order valence-electron chi connectivity index (χ3n) is 3.04. The van der Waals surface area contributed by atoms with E-state index < -0.39 is 4.92 Å². The van der Waals surface area contributed by atoms with Crippen LogP contribution in [-0.4, -0.2) is 14.7 Å². The predicted octanol–water partition coefficient (Wildman–Crippen LogP) is 2.40. The molecule has 0 saturated carbocycles. The van der Waals surface area contributed by atoms with E-state index in [1.54, 1.807) is 16.8 Å². The number of nitrogens with two attached hydrogens (primary N) is 1. The first-order chi connectivity index (χ1) is 9.43. The molecule has 0 fully saturated rings. The number of hydrazine groups is 1. The summed E-state index contributed by atoms with van der Waals surface area (Å²) in [5, 5.41) is 15.9. The Balaban J connectivity index is 2.36. The van der Waals surface area contributed by atoms with Gasteiger partial charge in [0.15, 0.2) is 0 Å². The summed E-state index contributed by atoms with van der Waals surface area (Å²) in [7, 11) is 0. The zero-order valence-corrected chi connectivity index (χ0v) is 11.8.